The lowest BCUT2D eigenvalue weighted by molar-refractivity contribution is -0.364. The number of fused-ring (bicyclic) bond motifs is 5. The lowest BCUT2D eigenvalue weighted by atomic mass is 9.41. The van der Waals surface area contributed by atoms with Crippen molar-refractivity contribution in [2.75, 3.05) is 54.9 Å². The Kier molecular flexibility index (Phi) is 25.1. The number of carbonyl (C=O) groups excluding carboxylic acids is 2. The minimum atomic E-state index is -1.89. The van der Waals surface area contributed by atoms with E-state index in [0.717, 1.165) is 18.3 Å². The van der Waals surface area contributed by atoms with Gasteiger partial charge in [-0.25, -0.2) is 4.79 Å². The SMILES string of the molecule is CO[C@@H]1C[C@H](O[C@H]2CC[C@]3(C=O)[C@H]4CC[C@]5(C)[C@@H](C6=CC(=O)OC6)CC[C@]5(O)[C@@H]4CC[C@@]3(O)C2)O[C@H](C)[C@@H]1O[C@H]1C[C@@H](OC)[C@@H](O[C@H]2C[C@@H](OC)[C@@H](O[C@H]3C[C@@H](OC)[C@@H](O[C@@H]4O[C@H](CO[C@@H]5O[C@H](CO[C@@H]6O[C@H](CO)[C@@H](O)[C@H](O)[C@H]6O)[C@@H](O)[C@H](O)[C@H]5O)[C@@H](O)[C@H](O)[C@H]4O)[C@@H](C)O3)[C@@H](C)O2)[C@@H](C)O1. The van der Waals surface area contributed by atoms with Crippen molar-refractivity contribution in [3.8, 4) is 0 Å². The second-order valence-electron chi connectivity index (χ2n) is 30.7. The summed E-state index contributed by atoms with van der Waals surface area (Å²) in [5, 5.41) is 131. The fourth-order valence-electron chi connectivity index (χ4n) is 19.3. The van der Waals surface area contributed by atoms with Crippen molar-refractivity contribution in [3.05, 3.63) is 11.6 Å². The molecule has 0 amide bonds. The molecule has 33 nitrogen and oxygen atoms in total. The molecule has 12 rings (SSSR count). The van der Waals surface area contributed by atoms with Gasteiger partial charge in [0.25, 0.3) is 0 Å². The van der Waals surface area contributed by atoms with Crippen molar-refractivity contribution in [1.82, 2.24) is 0 Å². The number of aldehydes is 1. The highest BCUT2D eigenvalue weighted by molar-refractivity contribution is 5.85. The Morgan fingerprint density at radius 3 is 1.35 bits per heavy atom. The van der Waals surface area contributed by atoms with Crippen LogP contribution in [-0.2, 0) is 99.6 Å². The van der Waals surface area contributed by atoms with Crippen LogP contribution in [-0.4, -0.2) is 336 Å². The summed E-state index contributed by atoms with van der Waals surface area (Å²) in [4.78, 5) is 25.6. The number of esters is 1. The van der Waals surface area contributed by atoms with Gasteiger partial charge in [-0.15, -0.1) is 0 Å². The molecular formula is C69H110O33. The Bertz CT molecular complexity index is 2810. The smallest absolute Gasteiger partial charge is 0.331 e. The number of aliphatic hydroxyl groups is 12. The van der Waals surface area contributed by atoms with Crippen LogP contribution in [0.3, 0.4) is 0 Å². The molecule has 12 aliphatic rings. The molecule has 12 N–H and O–H groups in total. The minimum Gasteiger partial charge on any atom is -0.458 e. The van der Waals surface area contributed by atoms with Gasteiger partial charge < -0.3 is 156 Å². The van der Waals surface area contributed by atoms with Crippen LogP contribution in [0.4, 0.5) is 0 Å². The normalized spacial score (nSPS) is 52.9. The van der Waals surface area contributed by atoms with E-state index in [1.165, 1.54) is 7.11 Å². The van der Waals surface area contributed by atoms with Crippen molar-refractivity contribution in [2.24, 2.45) is 28.6 Å². The molecule has 0 aromatic rings. The van der Waals surface area contributed by atoms with Crippen LogP contribution in [0.25, 0.3) is 0 Å². The van der Waals surface area contributed by atoms with Gasteiger partial charge in [-0.3, -0.25) is 0 Å². The monoisotopic (exact) mass is 1470 g/mol. The van der Waals surface area contributed by atoms with E-state index in [0.29, 0.717) is 51.4 Å². The van der Waals surface area contributed by atoms with Crippen LogP contribution in [0, 0.1) is 28.6 Å². The average molecular weight is 1470 g/mol. The van der Waals surface area contributed by atoms with Crippen LogP contribution in [0.2, 0.25) is 0 Å². The summed E-state index contributed by atoms with van der Waals surface area (Å²) in [5.41, 5.74) is -2.99. The number of methoxy groups -OCH3 is 4. The number of carbonyl (C=O) groups is 2. The van der Waals surface area contributed by atoms with E-state index < -0.39 is 238 Å². The van der Waals surface area contributed by atoms with Gasteiger partial charge >= 0.3 is 5.97 Å². The van der Waals surface area contributed by atoms with Crippen LogP contribution >= 0.6 is 0 Å². The number of hydrogen-bond donors (Lipinski definition) is 12. The molecule has 584 valence electrons. The van der Waals surface area contributed by atoms with Gasteiger partial charge in [0.05, 0.1) is 91.4 Å². The van der Waals surface area contributed by atoms with Gasteiger partial charge in [-0.05, 0) is 102 Å². The minimum absolute atomic E-state index is 0.00757. The molecule has 102 heavy (non-hydrogen) atoms. The van der Waals surface area contributed by atoms with Gasteiger partial charge in [0.2, 0.25) is 0 Å². The molecule has 8 aliphatic heterocycles. The molecule has 33 heteroatoms. The molecule has 7 saturated heterocycles. The first kappa shape index (κ1) is 79.2. The van der Waals surface area contributed by atoms with Crippen LogP contribution in [0.15, 0.2) is 11.6 Å². The Morgan fingerprint density at radius 2 is 0.912 bits per heavy atom. The molecule has 0 aromatic heterocycles. The van der Waals surface area contributed by atoms with Crippen molar-refractivity contribution in [2.45, 2.75) is 326 Å². The lowest BCUT2D eigenvalue weighted by Gasteiger charge is -2.65. The molecule has 0 unspecified atom stereocenters. The Labute approximate surface area is 592 Å². The first-order valence-electron chi connectivity index (χ1n) is 36.3. The number of hydrogen-bond acceptors (Lipinski definition) is 33. The Balaban J connectivity index is 0.593. The lowest BCUT2D eigenvalue weighted by Crippen LogP contribution is -2.69. The van der Waals surface area contributed by atoms with E-state index >= 15 is 0 Å². The molecule has 4 saturated carbocycles. The highest BCUT2D eigenvalue weighted by Gasteiger charge is 2.72. The zero-order valence-electron chi connectivity index (χ0n) is 59.3. The summed E-state index contributed by atoms with van der Waals surface area (Å²) >= 11 is 0. The number of cyclic esters (lactones) is 1. The van der Waals surface area contributed by atoms with E-state index in [9.17, 15) is 70.9 Å². The molecule has 0 aromatic carbocycles. The van der Waals surface area contributed by atoms with Crippen LogP contribution < -0.4 is 0 Å². The van der Waals surface area contributed by atoms with Crippen molar-refractivity contribution >= 4 is 12.3 Å². The van der Waals surface area contributed by atoms with E-state index in [-0.39, 0.29) is 56.0 Å². The third-order valence-corrected chi connectivity index (χ3v) is 25.1. The second-order valence-corrected chi connectivity index (χ2v) is 30.7. The topological polar surface area (TPSA) is 452 Å². The second kappa shape index (κ2) is 32.3. The fraction of sp³-hybridized carbons (Fsp3) is 0.942. The van der Waals surface area contributed by atoms with E-state index in [2.05, 4.69) is 6.92 Å². The van der Waals surface area contributed by atoms with Gasteiger partial charge in [-0.2, -0.15) is 0 Å². The zero-order valence-corrected chi connectivity index (χ0v) is 59.3. The molecule has 11 fully saturated rings. The molecule has 0 spiro atoms. The number of ether oxygens (including phenoxy) is 19. The maximum atomic E-state index is 13.5. The largest absolute Gasteiger partial charge is 0.458 e. The van der Waals surface area contributed by atoms with E-state index in [4.69, 9.17) is 90.0 Å². The summed E-state index contributed by atoms with van der Waals surface area (Å²) in [5.74, 6) is -0.728. The maximum Gasteiger partial charge on any atom is 0.331 e. The predicted molar refractivity (Wildman–Crippen MR) is 340 cm³/mol. The first-order valence-corrected chi connectivity index (χ1v) is 36.3. The zero-order chi connectivity index (χ0) is 73.2. The molecule has 39 atom stereocenters. The first-order chi connectivity index (χ1) is 48.6. The quantitative estimate of drug-likeness (QED) is 0.0286. The van der Waals surface area contributed by atoms with Gasteiger partial charge in [-0.1, -0.05) is 6.92 Å². The van der Waals surface area contributed by atoms with Gasteiger partial charge in [0, 0.05) is 72.0 Å². The van der Waals surface area contributed by atoms with Crippen molar-refractivity contribution in [1.29, 1.82) is 0 Å². The Hall–Kier alpha value is -2.32. The molecule has 0 bridgehead atoms. The van der Waals surface area contributed by atoms with Crippen LogP contribution in [0.5, 0.6) is 0 Å². The van der Waals surface area contributed by atoms with Crippen LogP contribution in [0.1, 0.15) is 118 Å². The standard InChI is InChI=1S/C69H110O33/c1-29-59(38(84-6)19-46(91-29)95-34-10-15-67(28-71)36-11-14-66(5)35(33-18-45(72)88-25-33)13-17-69(66,83)37(36)12-16-68(67,82)23-34)99-47-20-39(85-7)60(30(2)92-47)100-48-21-40(86-8)61(31(3)93-48)101-49-22-41(87-9)62(32(4)94-49)102-65-58(81)55(78)52(75)44(98-65)27-90-64-57(80)54(77)51(74)43(97-64)26-89-63-56(79)53(76)50(73)42(24-70)96-63/h18,28-32,34-44,46-65,70,73-83H,10-17,19-27H2,1-9H3/t29-,30-,31-,32-,34+,35-,36+,37-,38-,39-,40-,41-,42-,43-,44-,46+,47+,48+,49+,50-,51-,52-,53+,54+,55+,56-,57-,58-,59+,60+,61+,62+,63-,64-,65+,66-,67+,68-,69+/m1/s1. The number of rotatable bonds is 23. The van der Waals surface area contributed by atoms with E-state index in [1.54, 1.807) is 34.3 Å². The molecular weight excluding hydrogens is 1360 g/mol. The molecule has 0 radical (unpaired) electrons. The third-order valence-electron chi connectivity index (χ3n) is 25.1. The number of aliphatic hydroxyl groups excluding tert-OH is 10. The molecule has 8 heterocycles. The van der Waals surface area contributed by atoms with Crippen molar-refractivity contribution < 1.29 is 161 Å². The maximum absolute atomic E-state index is 13.5. The summed E-state index contributed by atoms with van der Waals surface area (Å²) < 4.78 is 116. The third kappa shape index (κ3) is 15.0. The van der Waals surface area contributed by atoms with Gasteiger partial charge in [0.15, 0.2) is 44.0 Å². The Morgan fingerprint density at radius 1 is 0.490 bits per heavy atom. The van der Waals surface area contributed by atoms with Crippen molar-refractivity contribution in [3.63, 3.8) is 0 Å². The predicted octanol–water partition coefficient (Wildman–Crippen LogP) is -2.49. The van der Waals surface area contributed by atoms with Gasteiger partial charge in [0.1, 0.15) is 111 Å². The highest BCUT2D eigenvalue weighted by atomic mass is 16.8. The summed E-state index contributed by atoms with van der Waals surface area (Å²) in [7, 11) is 6.20. The van der Waals surface area contributed by atoms with E-state index in [1.807, 2.05) is 20.8 Å². The fourth-order valence-corrected chi connectivity index (χ4v) is 19.3. The summed E-state index contributed by atoms with van der Waals surface area (Å²) in [6, 6.07) is 0. The highest BCUT2D eigenvalue weighted by Crippen LogP contribution is 2.70. The molecule has 4 aliphatic carbocycles. The average Bonchev–Trinajstić information content (AvgIpc) is 1.06. The summed E-state index contributed by atoms with van der Waals surface area (Å²) in [6.07, 6.45) is -28.4. The summed E-state index contributed by atoms with van der Waals surface area (Å²) in [6.45, 7) is 7.64.